The molecule has 2 rings (SSSR count). The SMILES string of the molecule is COCCN1C(=O)NC(=N)C1c1c(C)n[nH]c1C. The van der Waals surface area contributed by atoms with Crippen molar-refractivity contribution in [3.05, 3.63) is 17.0 Å². The number of amidine groups is 1. The maximum absolute atomic E-state index is 11.8. The largest absolute Gasteiger partial charge is 0.383 e. The van der Waals surface area contributed by atoms with E-state index in [0.717, 1.165) is 17.0 Å². The number of hydrogen-bond donors (Lipinski definition) is 3. The molecule has 0 saturated carbocycles. The summed E-state index contributed by atoms with van der Waals surface area (Å²) in [6.45, 7) is 4.63. The third-order valence-corrected chi connectivity index (χ3v) is 3.08. The van der Waals surface area contributed by atoms with Gasteiger partial charge in [0.2, 0.25) is 0 Å². The Kier molecular flexibility index (Phi) is 3.33. The Balaban J connectivity index is 2.34. The molecule has 2 amide bonds. The van der Waals surface area contributed by atoms with Crippen LogP contribution in [0.3, 0.4) is 0 Å². The van der Waals surface area contributed by atoms with Crippen LogP contribution in [-0.4, -0.2) is 47.2 Å². The molecule has 1 atom stereocenters. The normalized spacial score (nSPS) is 19.5. The van der Waals surface area contributed by atoms with Gasteiger partial charge in [0.05, 0.1) is 12.3 Å². The van der Waals surface area contributed by atoms with Crippen LogP contribution >= 0.6 is 0 Å². The summed E-state index contributed by atoms with van der Waals surface area (Å²) in [5.41, 5.74) is 2.57. The molecule has 7 heteroatoms. The molecule has 0 radical (unpaired) electrons. The van der Waals surface area contributed by atoms with E-state index in [9.17, 15) is 4.79 Å². The molecular formula is C11H17N5O2. The van der Waals surface area contributed by atoms with Gasteiger partial charge in [-0.15, -0.1) is 0 Å². The molecule has 1 unspecified atom stereocenters. The first-order chi connectivity index (χ1) is 8.56. The van der Waals surface area contributed by atoms with Crippen molar-refractivity contribution in [1.82, 2.24) is 20.4 Å². The van der Waals surface area contributed by atoms with E-state index in [4.69, 9.17) is 10.1 Å². The summed E-state index contributed by atoms with van der Waals surface area (Å²) in [5, 5.41) is 17.5. The second-order valence-electron chi connectivity index (χ2n) is 4.28. The molecule has 0 aromatic carbocycles. The number of ether oxygens (including phenoxy) is 1. The Hall–Kier alpha value is -1.89. The van der Waals surface area contributed by atoms with Crippen molar-refractivity contribution in [2.45, 2.75) is 19.9 Å². The summed E-state index contributed by atoms with van der Waals surface area (Å²) in [6.07, 6.45) is 0. The second-order valence-corrected chi connectivity index (χ2v) is 4.28. The minimum atomic E-state index is -0.397. The lowest BCUT2D eigenvalue weighted by molar-refractivity contribution is 0.150. The first-order valence-electron chi connectivity index (χ1n) is 5.72. The molecule has 1 saturated heterocycles. The molecule has 0 bridgehead atoms. The fourth-order valence-corrected chi connectivity index (χ4v) is 2.21. The van der Waals surface area contributed by atoms with E-state index in [1.54, 1.807) is 12.0 Å². The van der Waals surface area contributed by atoms with Gasteiger partial charge in [-0.3, -0.25) is 15.8 Å². The van der Waals surface area contributed by atoms with Crippen LogP contribution in [0.4, 0.5) is 4.79 Å². The quantitative estimate of drug-likeness (QED) is 0.735. The number of urea groups is 1. The van der Waals surface area contributed by atoms with E-state index < -0.39 is 6.04 Å². The first kappa shape index (κ1) is 12.6. The van der Waals surface area contributed by atoms with Crippen molar-refractivity contribution < 1.29 is 9.53 Å². The molecule has 1 aliphatic rings. The highest BCUT2D eigenvalue weighted by Gasteiger charge is 2.38. The lowest BCUT2D eigenvalue weighted by Gasteiger charge is -2.22. The van der Waals surface area contributed by atoms with Gasteiger partial charge in [0.15, 0.2) is 0 Å². The van der Waals surface area contributed by atoms with Crippen LogP contribution in [0.1, 0.15) is 23.0 Å². The smallest absolute Gasteiger partial charge is 0.323 e. The standard InChI is InChI=1S/C11H17N5O2/c1-6-8(7(2)15-14-6)9-10(12)13-11(17)16(9)4-5-18-3/h9H,4-5H2,1-3H3,(H,14,15)(H2,12,13,17). The van der Waals surface area contributed by atoms with E-state index in [1.165, 1.54) is 0 Å². The van der Waals surface area contributed by atoms with Gasteiger partial charge in [0.25, 0.3) is 0 Å². The number of nitrogens with one attached hydrogen (secondary N) is 3. The van der Waals surface area contributed by atoms with Crippen LogP contribution in [0.25, 0.3) is 0 Å². The minimum Gasteiger partial charge on any atom is -0.383 e. The maximum Gasteiger partial charge on any atom is 0.323 e. The molecule has 2 heterocycles. The van der Waals surface area contributed by atoms with E-state index in [0.29, 0.717) is 13.2 Å². The average molecular weight is 251 g/mol. The Bertz CT molecular complexity index is 462. The number of rotatable bonds is 4. The van der Waals surface area contributed by atoms with Gasteiger partial charge in [-0.1, -0.05) is 0 Å². The molecule has 0 spiro atoms. The molecule has 1 aromatic rings. The molecule has 98 valence electrons. The van der Waals surface area contributed by atoms with Gasteiger partial charge < -0.3 is 9.64 Å². The molecule has 1 fully saturated rings. The van der Waals surface area contributed by atoms with Crippen molar-refractivity contribution in [2.75, 3.05) is 20.3 Å². The summed E-state index contributed by atoms with van der Waals surface area (Å²) in [5.74, 6) is 0.184. The summed E-state index contributed by atoms with van der Waals surface area (Å²) in [4.78, 5) is 13.4. The number of amides is 2. The van der Waals surface area contributed by atoms with Crippen molar-refractivity contribution in [3.63, 3.8) is 0 Å². The molecule has 3 N–H and O–H groups in total. The summed E-state index contributed by atoms with van der Waals surface area (Å²) < 4.78 is 5.00. The highest BCUT2D eigenvalue weighted by Crippen LogP contribution is 2.29. The fraction of sp³-hybridized carbons (Fsp3) is 0.545. The van der Waals surface area contributed by atoms with Gasteiger partial charge in [-0.05, 0) is 13.8 Å². The van der Waals surface area contributed by atoms with Gasteiger partial charge in [-0.2, -0.15) is 5.10 Å². The molecule has 1 aromatic heterocycles. The van der Waals surface area contributed by atoms with Crippen LogP contribution in [0.2, 0.25) is 0 Å². The monoisotopic (exact) mass is 251 g/mol. The highest BCUT2D eigenvalue weighted by atomic mass is 16.5. The summed E-state index contributed by atoms with van der Waals surface area (Å²) in [6, 6.07) is -0.659. The van der Waals surface area contributed by atoms with E-state index in [1.807, 2.05) is 13.8 Å². The van der Waals surface area contributed by atoms with Crippen molar-refractivity contribution in [3.8, 4) is 0 Å². The van der Waals surface area contributed by atoms with Crippen molar-refractivity contribution >= 4 is 11.9 Å². The number of aromatic nitrogens is 2. The zero-order valence-corrected chi connectivity index (χ0v) is 10.7. The predicted octanol–water partition coefficient (Wildman–Crippen LogP) is 0.717. The molecule has 1 aliphatic heterocycles. The number of nitrogens with zero attached hydrogens (tertiary/aromatic N) is 2. The van der Waals surface area contributed by atoms with E-state index in [-0.39, 0.29) is 11.9 Å². The second kappa shape index (κ2) is 4.77. The van der Waals surface area contributed by atoms with Crippen LogP contribution in [0.5, 0.6) is 0 Å². The lowest BCUT2D eigenvalue weighted by atomic mass is 10.0. The van der Waals surface area contributed by atoms with Gasteiger partial charge >= 0.3 is 6.03 Å². The number of aryl methyl sites for hydroxylation is 2. The van der Waals surface area contributed by atoms with Crippen LogP contribution in [-0.2, 0) is 4.74 Å². The molecule has 18 heavy (non-hydrogen) atoms. The lowest BCUT2D eigenvalue weighted by Crippen LogP contribution is -2.33. The van der Waals surface area contributed by atoms with Gasteiger partial charge in [-0.25, -0.2) is 4.79 Å². The zero-order chi connectivity index (χ0) is 13.3. The Labute approximate surface area is 105 Å². The summed E-state index contributed by atoms with van der Waals surface area (Å²) in [7, 11) is 1.59. The Morgan fingerprint density at radius 3 is 2.78 bits per heavy atom. The van der Waals surface area contributed by atoms with Gasteiger partial charge in [0.1, 0.15) is 11.9 Å². The number of H-pyrrole nitrogens is 1. The van der Waals surface area contributed by atoms with E-state index in [2.05, 4.69) is 15.5 Å². The number of hydrogen-bond acceptors (Lipinski definition) is 4. The van der Waals surface area contributed by atoms with Crippen molar-refractivity contribution in [1.29, 1.82) is 5.41 Å². The van der Waals surface area contributed by atoms with Crippen LogP contribution in [0, 0.1) is 19.3 Å². The van der Waals surface area contributed by atoms with E-state index >= 15 is 0 Å². The Morgan fingerprint density at radius 1 is 1.50 bits per heavy atom. The third-order valence-electron chi connectivity index (χ3n) is 3.08. The van der Waals surface area contributed by atoms with Crippen molar-refractivity contribution in [2.24, 2.45) is 0 Å². The maximum atomic E-state index is 11.8. The highest BCUT2D eigenvalue weighted by molar-refractivity contribution is 6.06. The number of carbonyl (C=O) groups excluding carboxylic acids is 1. The summed E-state index contributed by atoms with van der Waals surface area (Å²) >= 11 is 0. The topological polar surface area (TPSA) is 94.1 Å². The fourth-order valence-electron chi connectivity index (χ4n) is 2.21. The van der Waals surface area contributed by atoms with Gasteiger partial charge in [0, 0.05) is 24.9 Å². The zero-order valence-electron chi connectivity index (χ0n) is 10.7. The molecular weight excluding hydrogens is 234 g/mol. The van der Waals surface area contributed by atoms with Crippen LogP contribution < -0.4 is 5.32 Å². The number of carbonyl (C=O) groups is 1. The predicted molar refractivity (Wildman–Crippen MR) is 65.6 cm³/mol. The minimum absolute atomic E-state index is 0.184. The van der Waals surface area contributed by atoms with Crippen LogP contribution in [0.15, 0.2) is 0 Å². The molecule has 0 aliphatic carbocycles. The third kappa shape index (κ3) is 1.97. The number of methoxy groups -OCH3 is 1. The Morgan fingerprint density at radius 2 is 2.22 bits per heavy atom. The number of aromatic amines is 1. The first-order valence-corrected chi connectivity index (χ1v) is 5.72. The molecule has 7 nitrogen and oxygen atoms in total. The average Bonchev–Trinajstić information content (AvgIpc) is 2.77.